The normalized spacial score (nSPS) is 10.2. The van der Waals surface area contributed by atoms with Gasteiger partial charge in [-0.2, -0.15) is 0 Å². The van der Waals surface area contributed by atoms with Crippen molar-refractivity contribution in [1.29, 1.82) is 0 Å². The van der Waals surface area contributed by atoms with E-state index in [0.717, 1.165) is 5.56 Å². The van der Waals surface area contributed by atoms with Gasteiger partial charge in [0, 0.05) is 24.5 Å². The Hall–Kier alpha value is -2.40. The average molecular weight is 287 g/mol. The Kier molecular flexibility index (Phi) is 4.90. The highest BCUT2D eigenvalue weighted by Gasteiger charge is 2.14. The highest BCUT2D eigenvalue weighted by molar-refractivity contribution is 6.01. The van der Waals surface area contributed by atoms with Gasteiger partial charge in [-0.3, -0.25) is 4.90 Å². The fourth-order valence-corrected chi connectivity index (χ4v) is 2.00. The van der Waals surface area contributed by atoms with Crippen molar-refractivity contribution >= 4 is 17.4 Å². The molecule has 0 spiro atoms. The van der Waals surface area contributed by atoms with Gasteiger partial charge in [0.2, 0.25) is 0 Å². The number of rotatable bonds is 4. The Morgan fingerprint density at radius 2 is 1.95 bits per heavy atom. The van der Waals surface area contributed by atoms with E-state index in [0.29, 0.717) is 24.5 Å². The van der Waals surface area contributed by atoms with E-state index in [1.54, 1.807) is 24.3 Å². The Balaban J connectivity index is 2.12. The quantitative estimate of drug-likeness (QED) is 0.906. The van der Waals surface area contributed by atoms with Crippen LogP contribution in [0.2, 0.25) is 0 Å². The van der Waals surface area contributed by atoms with Gasteiger partial charge >= 0.3 is 6.03 Å². The molecule has 5 heteroatoms. The molecule has 0 atom stereocenters. The van der Waals surface area contributed by atoms with Crippen LogP contribution in [0.4, 0.5) is 20.6 Å². The zero-order chi connectivity index (χ0) is 15.2. The highest BCUT2D eigenvalue weighted by atomic mass is 19.1. The van der Waals surface area contributed by atoms with Crippen molar-refractivity contribution in [2.45, 2.75) is 13.5 Å². The summed E-state index contributed by atoms with van der Waals surface area (Å²) in [5.74, 6) is -0.369. The average Bonchev–Trinajstić information content (AvgIpc) is 2.49. The predicted octanol–water partition coefficient (Wildman–Crippen LogP) is 3.34. The SMILES string of the molecule is CCN(C(=O)Nc1ccc(CN)cc1)c1cccc(F)c1. The third kappa shape index (κ3) is 3.79. The predicted molar refractivity (Wildman–Crippen MR) is 82.8 cm³/mol. The van der Waals surface area contributed by atoms with Crippen LogP contribution in [-0.4, -0.2) is 12.6 Å². The van der Waals surface area contributed by atoms with E-state index in [9.17, 15) is 9.18 Å². The molecular weight excluding hydrogens is 269 g/mol. The number of amides is 2. The highest BCUT2D eigenvalue weighted by Crippen LogP contribution is 2.17. The zero-order valence-corrected chi connectivity index (χ0v) is 11.8. The molecule has 0 heterocycles. The summed E-state index contributed by atoms with van der Waals surface area (Å²) in [4.78, 5) is 13.7. The van der Waals surface area contributed by atoms with Crippen LogP contribution in [0, 0.1) is 5.82 Å². The van der Waals surface area contributed by atoms with Gasteiger partial charge in [-0.15, -0.1) is 0 Å². The number of benzene rings is 2. The van der Waals surface area contributed by atoms with Crippen molar-refractivity contribution in [3.63, 3.8) is 0 Å². The lowest BCUT2D eigenvalue weighted by Crippen LogP contribution is -2.34. The first kappa shape index (κ1) is 15.0. The summed E-state index contributed by atoms with van der Waals surface area (Å²) in [5, 5.41) is 2.79. The molecule has 0 saturated heterocycles. The van der Waals surface area contributed by atoms with Crippen LogP contribution >= 0.6 is 0 Å². The third-order valence-electron chi connectivity index (χ3n) is 3.12. The van der Waals surface area contributed by atoms with Crippen molar-refractivity contribution in [3.05, 3.63) is 59.9 Å². The van der Waals surface area contributed by atoms with Crippen molar-refractivity contribution in [3.8, 4) is 0 Å². The smallest absolute Gasteiger partial charge is 0.326 e. The first-order valence-corrected chi connectivity index (χ1v) is 6.77. The monoisotopic (exact) mass is 287 g/mol. The van der Waals surface area contributed by atoms with Gasteiger partial charge in [-0.05, 0) is 42.8 Å². The number of carbonyl (C=O) groups excluding carboxylic acids is 1. The van der Waals surface area contributed by atoms with Crippen LogP contribution in [0.1, 0.15) is 12.5 Å². The van der Waals surface area contributed by atoms with Crippen LogP contribution in [0.25, 0.3) is 0 Å². The molecule has 2 amide bonds. The topological polar surface area (TPSA) is 58.4 Å². The number of nitrogens with two attached hydrogens (primary N) is 1. The van der Waals surface area contributed by atoms with Crippen LogP contribution in [0.5, 0.6) is 0 Å². The summed E-state index contributed by atoms with van der Waals surface area (Å²) in [7, 11) is 0. The first-order chi connectivity index (χ1) is 10.1. The Morgan fingerprint density at radius 3 is 2.52 bits per heavy atom. The molecule has 0 radical (unpaired) electrons. The largest absolute Gasteiger partial charge is 0.326 e. The molecule has 0 aliphatic rings. The van der Waals surface area contributed by atoms with Crippen molar-refractivity contribution in [2.75, 3.05) is 16.8 Å². The fourth-order valence-electron chi connectivity index (χ4n) is 2.00. The van der Waals surface area contributed by atoms with E-state index in [-0.39, 0.29) is 11.8 Å². The van der Waals surface area contributed by atoms with E-state index in [1.807, 2.05) is 19.1 Å². The van der Waals surface area contributed by atoms with Crippen LogP contribution in [0.15, 0.2) is 48.5 Å². The van der Waals surface area contributed by atoms with Crippen molar-refractivity contribution in [1.82, 2.24) is 0 Å². The molecule has 0 fully saturated rings. The molecule has 0 saturated carbocycles. The number of hydrogen-bond donors (Lipinski definition) is 2. The minimum absolute atomic E-state index is 0.302. The summed E-state index contributed by atoms with van der Waals surface area (Å²) in [6.07, 6.45) is 0. The van der Waals surface area contributed by atoms with Crippen LogP contribution < -0.4 is 16.0 Å². The molecule has 0 bridgehead atoms. The lowest BCUT2D eigenvalue weighted by atomic mass is 10.2. The molecule has 21 heavy (non-hydrogen) atoms. The van der Waals surface area contributed by atoms with E-state index in [2.05, 4.69) is 5.32 Å². The van der Waals surface area contributed by atoms with Crippen molar-refractivity contribution < 1.29 is 9.18 Å². The summed E-state index contributed by atoms with van der Waals surface area (Å²) < 4.78 is 13.3. The number of anilines is 2. The second-order valence-electron chi connectivity index (χ2n) is 4.56. The van der Waals surface area contributed by atoms with Gasteiger partial charge in [0.05, 0.1) is 0 Å². The molecule has 3 N–H and O–H groups in total. The van der Waals surface area contributed by atoms with Gasteiger partial charge in [0.1, 0.15) is 5.82 Å². The molecule has 110 valence electrons. The molecule has 0 aliphatic carbocycles. The molecule has 0 aromatic heterocycles. The van der Waals surface area contributed by atoms with E-state index in [4.69, 9.17) is 5.73 Å². The maximum Gasteiger partial charge on any atom is 0.326 e. The number of halogens is 1. The Bertz CT molecular complexity index is 613. The molecule has 0 unspecified atom stereocenters. The van der Waals surface area contributed by atoms with Gasteiger partial charge in [0.25, 0.3) is 0 Å². The van der Waals surface area contributed by atoms with Gasteiger partial charge in [0.15, 0.2) is 0 Å². The summed E-state index contributed by atoms with van der Waals surface area (Å²) in [6.45, 7) is 2.73. The summed E-state index contributed by atoms with van der Waals surface area (Å²) in [5.41, 5.74) is 7.72. The minimum atomic E-state index is -0.369. The van der Waals surface area contributed by atoms with Gasteiger partial charge in [-0.1, -0.05) is 18.2 Å². The maximum atomic E-state index is 13.3. The lowest BCUT2D eigenvalue weighted by Gasteiger charge is -2.21. The summed E-state index contributed by atoms with van der Waals surface area (Å²) in [6, 6.07) is 13.0. The fraction of sp³-hybridized carbons (Fsp3) is 0.188. The van der Waals surface area contributed by atoms with E-state index >= 15 is 0 Å². The number of carbonyl (C=O) groups is 1. The molecule has 2 rings (SSSR count). The second-order valence-corrected chi connectivity index (χ2v) is 4.56. The van der Waals surface area contributed by atoms with Crippen LogP contribution in [0.3, 0.4) is 0 Å². The molecule has 0 aliphatic heterocycles. The van der Waals surface area contributed by atoms with E-state index in [1.165, 1.54) is 17.0 Å². The second kappa shape index (κ2) is 6.85. The Labute approximate surface area is 123 Å². The van der Waals surface area contributed by atoms with Gasteiger partial charge in [-0.25, -0.2) is 9.18 Å². The molecule has 4 nitrogen and oxygen atoms in total. The number of nitrogens with zero attached hydrogens (tertiary/aromatic N) is 1. The standard InChI is InChI=1S/C16H18FN3O/c1-2-20(15-5-3-4-13(17)10-15)16(21)19-14-8-6-12(11-18)7-9-14/h3-10H,2,11,18H2,1H3,(H,19,21). The number of urea groups is 1. The lowest BCUT2D eigenvalue weighted by molar-refractivity contribution is 0.257. The third-order valence-corrected chi connectivity index (χ3v) is 3.12. The maximum absolute atomic E-state index is 13.3. The minimum Gasteiger partial charge on any atom is -0.326 e. The molecule has 2 aromatic rings. The molecule has 2 aromatic carbocycles. The molecular formula is C16H18FN3O. The van der Waals surface area contributed by atoms with Crippen molar-refractivity contribution in [2.24, 2.45) is 5.73 Å². The Morgan fingerprint density at radius 1 is 1.24 bits per heavy atom. The summed E-state index contributed by atoms with van der Waals surface area (Å²) >= 11 is 0. The van der Waals surface area contributed by atoms with Crippen LogP contribution in [-0.2, 0) is 6.54 Å². The zero-order valence-electron chi connectivity index (χ0n) is 11.8. The number of hydrogen-bond acceptors (Lipinski definition) is 2. The number of nitrogens with one attached hydrogen (secondary N) is 1. The van der Waals surface area contributed by atoms with E-state index < -0.39 is 0 Å². The first-order valence-electron chi connectivity index (χ1n) is 6.77. The van der Waals surface area contributed by atoms with Gasteiger partial charge < -0.3 is 11.1 Å².